The van der Waals surface area contributed by atoms with E-state index in [1.807, 2.05) is 0 Å². The molecule has 0 amide bonds. The molecule has 8 nitrogen and oxygen atoms in total. The summed E-state index contributed by atoms with van der Waals surface area (Å²) in [6.45, 7) is 10.3. The van der Waals surface area contributed by atoms with Gasteiger partial charge in [-0.2, -0.15) is 0 Å². The molecule has 3 fully saturated rings. The average molecular weight is 515 g/mol. The Balaban J connectivity index is 1.28. The van der Waals surface area contributed by atoms with Gasteiger partial charge in [-0.3, -0.25) is 9.36 Å². The van der Waals surface area contributed by atoms with E-state index in [2.05, 4.69) is 35.4 Å². The van der Waals surface area contributed by atoms with Crippen molar-refractivity contribution in [3.63, 3.8) is 0 Å². The van der Waals surface area contributed by atoms with Crippen LogP contribution < -0.4 is 5.56 Å². The topological polar surface area (TPSA) is 91.3 Å². The van der Waals surface area contributed by atoms with E-state index in [-0.39, 0.29) is 34.2 Å². The summed E-state index contributed by atoms with van der Waals surface area (Å²) in [4.78, 5) is 22.6. The van der Waals surface area contributed by atoms with E-state index >= 15 is 4.39 Å². The first-order chi connectivity index (χ1) is 15.6. The number of allylic oxidation sites excluding steroid dienone is 1. The van der Waals surface area contributed by atoms with Crippen molar-refractivity contribution in [3.05, 3.63) is 35.2 Å². The molecule has 1 N–H and O–H groups in total. The Morgan fingerprint density at radius 1 is 1.55 bits per heavy atom. The van der Waals surface area contributed by atoms with Crippen LogP contribution in [-0.2, 0) is 25.6 Å². The number of hydrogen-bond donors (Lipinski definition) is 1. The maximum absolute atomic E-state index is 15.2. The monoisotopic (exact) mass is 514 g/mol. The largest absolute Gasteiger partial charge is 0.349 e. The van der Waals surface area contributed by atoms with Crippen molar-refractivity contribution >= 4 is 40.0 Å². The van der Waals surface area contributed by atoms with Gasteiger partial charge in [0.05, 0.1) is 31.5 Å². The van der Waals surface area contributed by atoms with Crippen LogP contribution in [0.5, 0.6) is 0 Å². The zero-order chi connectivity index (χ0) is 23.5. The lowest BCUT2D eigenvalue weighted by atomic mass is 9.77. The van der Waals surface area contributed by atoms with E-state index in [0.29, 0.717) is 5.92 Å². The average Bonchev–Trinajstić information content (AvgIpc) is 3.39. The van der Waals surface area contributed by atoms with E-state index in [1.54, 1.807) is 18.3 Å². The van der Waals surface area contributed by atoms with Crippen molar-refractivity contribution in [3.8, 4) is 0 Å². The van der Waals surface area contributed by atoms with E-state index in [0.717, 1.165) is 19.3 Å². The second-order valence-electron chi connectivity index (χ2n) is 9.48. The zero-order valence-corrected chi connectivity index (χ0v) is 21.3. The van der Waals surface area contributed by atoms with Gasteiger partial charge in [0.25, 0.3) is 5.56 Å². The Morgan fingerprint density at radius 3 is 3.09 bits per heavy atom. The van der Waals surface area contributed by atoms with Gasteiger partial charge < -0.3 is 18.8 Å². The number of nitrogens with one attached hydrogen (secondary N) is 1. The molecular weight excluding hydrogens is 486 g/mol. The van der Waals surface area contributed by atoms with Crippen LogP contribution in [0.4, 0.5) is 4.39 Å². The molecule has 2 aromatic rings. The van der Waals surface area contributed by atoms with Gasteiger partial charge in [-0.25, -0.2) is 14.4 Å². The standard InChI is InChI=1S/C21H28FN4O4PS2/c1-11(2)13-5-6-21(4)15(7-13)30-31(32,33-21)28-8-14-12(3)16(22)20(29-14)26-10-25-17-18(26)23-9-24-19(17)27/h9-10,12-16,20H,1,5-8H2,2-4H3,(H,23,24,27)/t12-,13+,14-,15-,16-,20-,21-,31-/m1/s1. The molecule has 0 spiro atoms. The number of alkyl halides is 1. The van der Waals surface area contributed by atoms with Crippen LogP contribution in [0.2, 0.25) is 0 Å². The van der Waals surface area contributed by atoms with E-state index in [1.165, 1.54) is 22.8 Å². The molecular formula is C21H28FN4O4PS2. The van der Waals surface area contributed by atoms with Crippen molar-refractivity contribution in [2.75, 3.05) is 6.61 Å². The minimum absolute atomic E-state index is 0.0360. The molecule has 1 aliphatic carbocycles. The Morgan fingerprint density at radius 2 is 2.33 bits per heavy atom. The second-order valence-corrected chi connectivity index (χ2v) is 16.1. The van der Waals surface area contributed by atoms with Gasteiger partial charge in [-0.1, -0.05) is 30.5 Å². The lowest BCUT2D eigenvalue weighted by Gasteiger charge is -2.37. The Kier molecular flexibility index (Phi) is 6.11. The first-order valence-electron chi connectivity index (χ1n) is 11.1. The summed E-state index contributed by atoms with van der Waals surface area (Å²) < 4.78 is 35.2. The second kappa shape index (κ2) is 8.53. The molecule has 0 aromatic carbocycles. The summed E-state index contributed by atoms with van der Waals surface area (Å²) in [5.41, 5.74) is -1.34. The summed E-state index contributed by atoms with van der Waals surface area (Å²) in [5, 5.41) is 0. The van der Waals surface area contributed by atoms with Gasteiger partial charge in [0.2, 0.25) is 5.69 Å². The Bertz CT molecular complexity index is 1190. The van der Waals surface area contributed by atoms with Gasteiger partial charge in [0.1, 0.15) is 0 Å². The molecule has 0 radical (unpaired) electrons. The molecule has 12 heteroatoms. The Labute approximate surface area is 200 Å². The molecule has 3 aliphatic rings. The molecule has 1 saturated carbocycles. The minimum atomic E-state index is -2.58. The van der Waals surface area contributed by atoms with Gasteiger partial charge in [0, 0.05) is 10.7 Å². The SMILES string of the molecule is C=C(C)[C@H]1CC[C@@]2(C)S[P@](=S)(OC[C@H]3O[C@@H](n4cnc5c(=O)[nH]cnc54)[C@H](F)[C@@H]3C)O[C@@H]2C1. The summed E-state index contributed by atoms with van der Waals surface area (Å²) in [7, 11) is 0. The molecule has 8 atom stereocenters. The van der Waals surface area contributed by atoms with Crippen LogP contribution in [0.15, 0.2) is 29.6 Å². The van der Waals surface area contributed by atoms with Gasteiger partial charge in [-0.15, -0.1) is 0 Å². The molecule has 4 heterocycles. The highest BCUT2D eigenvalue weighted by Crippen LogP contribution is 2.75. The van der Waals surface area contributed by atoms with Crippen LogP contribution in [0.1, 0.15) is 46.3 Å². The van der Waals surface area contributed by atoms with Crippen molar-refractivity contribution < 1.29 is 18.2 Å². The number of hydrogen-bond acceptors (Lipinski definition) is 8. The van der Waals surface area contributed by atoms with Crippen LogP contribution in [0.25, 0.3) is 11.2 Å². The first-order valence-corrected chi connectivity index (χ1v) is 15.1. The number of H-pyrrole nitrogens is 1. The molecule has 2 aliphatic heterocycles. The summed E-state index contributed by atoms with van der Waals surface area (Å²) in [6, 6.07) is 0. The van der Waals surface area contributed by atoms with Gasteiger partial charge in [-0.05, 0) is 50.8 Å². The third kappa shape index (κ3) is 4.15. The number of aromatic nitrogens is 4. The van der Waals surface area contributed by atoms with Crippen molar-refractivity contribution in [2.45, 2.75) is 69.4 Å². The third-order valence-electron chi connectivity index (χ3n) is 7.15. The number of ether oxygens (including phenoxy) is 1. The third-order valence-corrected chi connectivity index (χ3v) is 13.0. The molecule has 5 rings (SSSR count). The minimum Gasteiger partial charge on any atom is -0.349 e. The summed E-state index contributed by atoms with van der Waals surface area (Å²) >= 11 is 7.48. The van der Waals surface area contributed by atoms with Crippen LogP contribution in [0.3, 0.4) is 0 Å². The van der Waals surface area contributed by atoms with Crippen molar-refractivity contribution in [1.82, 2.24) is 19.5 Å². The van der Waals surface area contributed by atoms with Crippen LogP contribution >= 0.6 is 17.1 Å². The molecule has 180 valence electrons. The fraction of sp³-hybridized carbons (Fsp3) is 0.667. The molecule has 0 bridgehead atoms. The number of fused-ring (bicyclic) bond motifs is 2. The molecule has 2 saturated heterocycles. The number of aromatic amines is 1. The normalized spacial score (nSPS) is 40.8. The zero-order valence-electron chi connectivity index (χ0n) is 18.8. The number of imidazole rings is 1. The predicted molar refractivity (Wildman–Crippen MR) is 129 cm³/mol. The maximum atomic E-state index is 15.2. The highest BCUT2D eigenvalue weighted by atomic mass is 32.9. The summed E-state index contributed by atoms with van der Waals surface area (Å²) in [5.74, 6) is 0.0108. The van der Waals surface area contributed by atoms with E-state index in [9.17, 15) is 4.79 Å². The summed E-state index contributed by atoms with van der Waals surface area (Å²) in [6.07, 6.45) is 2.93. The van der Waals surface area contributed by atoms with Gasteiger partial charge in [0.15, 0.2) is 23.6 Å². The molecule has 2 aromatic heterocycles. The number of rotatable bonds is 5. The fourth-order valence-corrected chi connectivity index (χ4v) is 12.0. The predicted octanol–water partition coefficient (Wildman–Crippen LogP) is 4.50. The molecule has 0 unspecified atom stereocenters. The molecule has 33 heavy (non-hydrogen) atoms. The highest BCUT2D eigenvalue weighted by molar-refractivity contribution is 8.68. The lowest BCUT2D eigenvalue weighted by Crippen LogP contribution is -2.39. The maximum Gasteiger partial charge on any atom is 0.278 e. The van der Waals surface area contributed by atoms with E-state index in [4.69, 9.17) is 25.6 Å². The van der Waals surface area contributed by atoms with Crippen LogP contribution in [-0.4, -0.2) is 49.3 Å². The van der Waals surface area contributed by atoms with Crippen LogP contribution in [0, 0.1) is 11.8 Å². The number of nitrogens with zero attached hydrogens (tertiary/aromatic N) is 3. The highest BCUT2D eigenvalue weighted by Gasteiger charge is 2.54. The Hall–Kier alpha value is -1.10. The van der Waals surface area contributed by atoms with Gasteiger partial charge >= 0.3 is 0 Å². The first kappa shape index (κ1) is 23.6. The number of halogens is 1. The van der Waals surface area contributed by atoms with Crippen molar-refractivity contribution in [2.24, 2.45) is 11.8 Å². The lowest BCUT2D eigenvalue weighted by molar-refractivity contribution is -0.0343. The smallest absolute Gasteiger partial charge is 0.278 e. The fourth-order valence-electron chi connectivity index (χ4n) is 4.91. The van der Waals surface area contributed by atoms with E-state index < -0.39 is 30.1 Å². The van der Waals surface area contributed by atoms with Crippen molar-refractivity contribution in [1.29, 1.82) is 0 Å². The quantitative estimate of drug-likeness (QED) is 0.461.